The van der Waals surface area contributed by atoms with Gasteiger partial charge in [0.05, 0.1) is 23.7 Å². The Bertz CT molecular complexity index is 888. The fourth-order valence-electron chi connectivity index (χ4n) is 3.28. The van der Waals surface area contributed by atoms with E-state index in [1.807, 2.05) is 0 Å². The summed E-state index contributed by atoms with van der Waals surface area (Å²) in [6.45, 7) is 6.52. The Balaban J connectivity index is 2.10. The van der Waals surface area contributed by atoms with Gasteiger partial charge < -0.3 is 19.4 Å². The molecule has 0 bridgehead atoms. The van der Waals surface area contributed by atoms with E-state index in [1.54, 1.807) is 20.8 Å². The van der Waals surface area contributed by atoms with Gasteiger partial charge in [0.1, 0.15) is 5.69 Å². The van der Waals surface area contributed by atoms with Gasteiger partial charge in [-0.05, 0) is 39.7 Å². The molecule has 0 unspecified atom stereocenters. The molecular formula is C18H26N2O7S. The molecule has 1 aliphatic rings. The Kier molecular flexibility index (Phi) is 6.53. The van der Waals surface area contributed by atoms with Crippen molar-refractivity contribution in [3.63, 3.8) is 0 Å². The Morgan fingerprint density at radius 3 is 2.43 bits per heavy atom. The summed E-state index contributed by atoms with van der Waals surface area (Å²) in [6.07, 6.45) is -0.731. The number of sulfone groups is 1. The van der Waals surface area contributed by atoms with Gasteiger partial charge in [-0.2, -0.15) is 0 Å². The summed E-state index contributed by atoms with van der Waals surface area (Å²) in [5.74, 6) is -1.84. The number of aromatic nitrogens is 1. The normalized spacial score (nSPS) is 19.1. The molecule has 0 saturated carbocycles. The van der Waals surface area contributed by atoms with Gasteiger partial charge in [-0.25, -0.2) is 18.0 Å². The zero-order valence-electron chi connectivity index (χ0n) is 16.7. The molecule has 0 aromatic carbocycles. The van der Waals surface area contributed by atoms with Gasteiger partial charge in [0, 0.05) is 18.8 Å². The van der Waals surface area contributed by atoms with Crippen LogP contribution in [-0.4, -0.2) is 73.5 Å². The fraction of sp³-hybridized carbons (Fsp3) is 0.611. The van der Waals surface area contributed by atoms with Crippen molar-refractivity contribution in [2.45, 2.75) is 46.3 Å². The highest BCUT2D eigenvalue weighted by molar-refractivity contribution is 7.91. The maximum atomic E-state index is 12.6. The van der Waals surface area contributed by atoms with E-state index in [1.165, 1.54) is 18.9 Å². The predicted octanol–water partition coefficient (Wildman–Crippen LogP) is 0.999. The zero-order valence-corrected chi connectivity index (χ0v) is 17.5. The molecule has 2 heterocycles. The van der Waals surface area contributed by atoms with Crippen molar-refractivity contribution in [1.29, 1.82) is 0 Å². The number of H-pyrrole nitrogens is 1. The zero-order chi connectivity index (χ0) is 21.2. The van der Waals surface area contributed by atoms with Crippen LogP contribution >= 0.6 is 0 Å². The van der Waals surface area contributed by atoms with Crippen molar-refractivity contribution in [1.82, 2.24) is 9.88 Å². The first-order valence-corrected chi connectivity index (χ1v) is 10.8. The van der Waals surface area contributed by atoms with Crippen molar-refractivity contribution < 1.29 is 32.3 Å². The highest BCUT2D eigenvalue weighted by atomic mass is 32.2. The third-order valence-corrected chi connectivity index (χ3v) is 6.61. The van der Waals surface area contributed by atoms with E-state index < -0.39 is 39.8 Å². The lowest BCUT2D eigenvalue weighted by Crippen LogP contribution is -2.44. The summed E-state index contributed by atoms with van der Waals surface area (Å²) in [6, 6.07) is -0.426. The van der Waals surface area contributed by atoms with Gasteiger partial charge in [0.15, 0.2) is 15.9 Å². The smallest absolute Gasteiger partial charge is 0.355 e. The third kappa shape index (κ3) is 4.54. The predicted molar refractivity (Wildman–Crippen MR) is 101 cm³/mol. The molecule has 28 heavy (non-hydrogen) atoms. The Hall–Kier alpha value is -2.36. The first-order chi connectivity index (χ1) is 13.0. The van der Waals surface area contributed by atoms with Crippen LogP contribution in [0.1, 0.15) is 52.4 Å². The summed E-state index contributed by atoms with van der Waals surface area (Å²) in [5, 5.41) is 0. The standard InChI is InChI=1S/C18H26N2O7S/c1-6-26-18(23)15-10(2)14(11(3)19-15)17(22)27-12(4)16(21)20(5)13-7-8-28(24,25)9-13/h12-13,19H,6-9H2,1-5H3/t12-,13-/m1/s1. The number of likely N-dealkylation sites (N-methyl/N-ethyl adjacent to an activating group) is 1. The van der Waals surface area contributed by atoms with Crippen molar-refractivity contribution in [2.75, 3.05) is 25.2 Å². The average molecular weight is 414 g/mol. The second kappa shape index (κ2) is 8.34. The number of hydrogen-bond acceptors (Lipinski definition) is 7. The number of hydrogen-bond donors (Lipinski definition) is 1. The van der Waals surface area contributed by atoms with Gasteiger partial charge in [0.2, 0.25) is 0 Å². The molecule has 2 rings (SSSR count). The van der Waals surface area contributed by atoms with Crippen LogP contribution in [0.5, 0.6) is 0 Å². The third-order valence-electron chi connectivity index (χ3n) is 4.86. The maximum Gasteiger partial charge on any atom is 0.355 e. The number of aryl methyl sites for hydroxylation is 1. The summed E-state index contributed by atoms with van der Waals surface area (Å²) >= 11 is 0. The molecule has 0 spiro atoms. The highest BCUT2D eigenvalue weighted by Crippen LogP contribution is 2.22. The number of aromatic amines is 1. The lowest BCUT2D eigenvalue weighted by molar-refractivity contribution is -0.140. The van der Waals surface area contributed by atoms with Crippen LogP contribution in [0.2, 0.25) is 0 Å². The topological polar surface area (TPSA) is 123 Å². The molecule has 0 radical (unpaired) electrons. The number of amides is 1. The van der Waals surface area contributed by atoms with Crippen molar-refractivity contribution in [2.24, 2.45) is 0 Å². The lowest BCUT2D eigenvalue weighted by atomic mass is 10.1. The minimum absolute atomic E-state index is 0.0435. The Labute approximate surface area is 164 Å². The lowest BCUT2D eigenvalue weighted by Gasteiger charge is -2.26. The largest absolute Gasteiger partial charge is 0.461 e. The fourth-order valence-corrected chi connectivity index (χ4v) is 5.06. The molecule has 0 aliphatic carbocycles. The molecule has 1 fully saturated rings. The molecule has 1 amide bonds. The van der Waals surface area contributed by atoms with Crippen LogP contribution < -0.4 is 0 Å². The van der Waals surface area contributed by atoms with Gasteiger partial charge in [-0.1, -0.05) is 0 Å². The summed E-state index contributed by atoms with van der Waals surface area (Å²) in [5.41, 5.74) is 1.16. The average Bonchev–Trinajstić information content (AvgIpc) is 3.12. The first-order valence-electron chi connectivity index (χ1n) is 9.02. The number of esters is 2. The van der Waals surface area contributed by atoms with Gasteiger partial charge in [-0.3, -0.25) is 4.79 Å². The molecular weight excluding hydrogens is 388 g/mol. The van der Waals surface area contributed by atoms with E-state index in [0.29, 0.717) is 17.7 Å². The minimum Gasteiger partial charge on any atom is -0.461 e. The molecule has 10 heteroatoms. The number of carbonyl (C=O) groups excluding carboxylic acids is 3. The first kappa shape index (κ1) is 21.9. The second-order valence-electron chi connectivity index (χ2n) is 6.90. The molecule has 2 atom stereocenters. The van der Waals surface area contributed by atoms with E-state index in [4.69, 9.17) is 9.47 Å². The molecule has 1 saturated heterocycles. The number of ether oxygens (including phenoxy) is 2. The van der Waals surface area contributed by atoms with Crippen LogP contribution in [0.15, 0.2) is 0 Å². The van der Waals surface area contributed by atoms with Crippen LogP contribution in [0.3, 0.4) is 0 Å². The van der Waals surface area contributed by atoms with E-state index in [-0.39, 0.29) is 29.4 Å². The number of nitrogens with zero attached hydrogens (tertiary/aromatic N) is 1. The van der Waals surface area contributed by atoms with Crippen LogP contribution in [0.25, 0.3) is 0 Å². The molecule has 1 aliphatic heterocycles. The second-order valence-corrected chi connectivity index (χ2v) is 9.13. The molecule has 1 N–H and O–H groups in total. The molecule has 9 nitrogen and oxygen atoms in total. The molecule has 1 aromatic heterocycles. The number of rotatable bonds is 6. The van der Waals surface area contributed by atoms with Crippen molar-refractivity contribution in [3.05, 3.63) is 22.5 Å². The summed E-state index contributed by atoms with van der Waals surface area (Å²) in [4.78, 5) is 41.2. The minimum atomic E-state index is -3.14. The monoisotopic (exact) mass is 414 g/mol. The quantitative estimate of drug-likeness (QED) is 0.689. The number of nitrogens with one attached hydrogen (secondary N) is 1. The van der Waals surface area contributed by atoms with E-state index >= 15 is 0 Å². The highest BCUT2D eigenvalue weighted by Gasteiger charge is 2.35. The van der Waals surface area contributed by atoms with E-state index in [2.05, 4.69) is 4.98 Å². The van der Waals surface area contributed by atoms with Gasteiger partial charge in [-0.15, -0.1) is 0 Å². The van der Waals surface area contributed by atoms with Crippen LogP contribution in [-0.2, 0) is 24.1 Å². The van der Waals surface area contributed by atoms with Crippen LogP contribution in [0, 0.1) is 13.8 Å². The SMILES string of the molecule is CCOC(=O)c1[nH]c(C)c(C(=O)O[C@H](C)C(=O)N(C)[C@@H]2CCS(=O)(=O)C2)c1C. The number of carbonyl (C=O) groups is 3. The maximum absolute atomic E-state index is 12.6. The molecule has 1 aromatic rings. The Morgan fingerprint density at radius 1 is 1.25 bits per heavy atom. The summed E-state index contributed by atoms with van der Waals surface area (Å²) < 4.78 is 33.5. The van der Waals surface area contributed by atoms with Crippen molar-refractivity contribution >= 4 is 27.7 Å². The molecule has 156 valence electrons. The van der Waals surface area contributed by atoms with E-state index in [9.17, 15) is 22.8 Å². The Morgan fingerprint density at radius 2 is 1.89 bits per heavy atom. The van der Waals surface area contributed by atoms with Gasteiger partial charge >= 0.3 is 11.9 Å². The summed E-state index contributed by atoms with van der Waals surface area (Å²) in [7, 11) is -1.63. The van der Waals surface area contributed by atoms with Crippen molar-refractivity contribution in [3.8, 4) is 0 Å². The van der Waals surface area contributed by atoms with Gasteiger partial charge in [0.25, 0.3) is 5.91 Å². The van der Waals surface area contributed by atoms with Crippen LogP contribution in [0.4, 0.5) is 0 Å². The van der Waals surface area contributed by atoms with E-state index in [0.717, 1.165) is 0 Å².